The van der Waals surface area contributed by atoms with Crippen molar-refractivity contribution >= 4 is 176 Å². The van der Waals surface area contributed by atoms with Crippen LogP contribution >= 0.6 is 104 Å². The fourth-order valence-electron chi connectivity index (χ4n) is 30.7. The Bertz CT molecular complexity index is 3900. The number of hydrogen-bond acceptors (Lipinski definition) is 24. The number of fused-ring (bicyclic) bond motifs is 15. The second-order valence-electron chi connectivity index (χ2n) is 42.6. The van der Waals surface area contributed by atoms with E-state index in [1.54, 1.807) is 18.2 Å². The van der Waals surface area contributed by atoms with Crippen molar-refractivity contribution in [2.45, 2.75) is 310 Å². The molecule has 0 spiro atoms. The van der Waals surface area contributed by atoms with Crippen LogP contribution in [0.1, 0.15) is 252 Å². The van der Waals surface area contributed by atoms with Gasteiger partial charge in [-0.2, -0.15) is 0 Å². The Labute approximate surface area is 821 Å². The summed E-state index contributed by atoms with van der Waals surface area (Å²) in [5.41, 5.74) is -1.15. The summed E-state index contributed by atoms with van der Waals surface area (Å²) in [5.74, 6) is -10.1. The molecule has 33 atom stereocenters. The first kappa shape index (κ1) is 105. The van der Waals surface area contributed by atoms with E-state index in [0.717, 1.165) is 57.8 Å². The number of ether oxygens (including phenoxy) is 12. The molecule has 13 rings (SSSR count). The summed E-state index contributed by atoms with van der Waals surface area (Å²) in [6, 6.07) is 5.38. The number of esters is 12. The molecule has 12 aliphatic rings. The highest BCUT2D eigenvalue weighted by molar-refractivity contribution is 6.29. The third-order valence-corrected chi connectivity index (χ3v) is 38.6. The highest BCUT2D eigenvalue weighted by Gasteiger charge is 2.72. The number of rotatable bonds is 36. The molecule has 0 aliphatic heterocycles. The van der Waals surface area contributed by atoms with Gasteiger partial charge >= 0.3 is 71.6 Å². The van der Waals surface area contributed by atoms with Crippen LogP contribution in [0.5, 0.6) is 0 Å². The predicted octanol–water partition coefficient (Wildman–Crippen LogP) is 19.1. The lowest BCUT2D eigenvalue weighted by Gasteiger charge is -2.64. The number of benzene rings is 1. The smallest absolute Gasteiger partial charge is 0.321 e. The molecule has 0 heterocycles. The zero-order valence-electron chi connectivity index (χ0n) is 77.6. The minimum absolute atomic E-state index is 0.000474. The lowest BCUT2D eigenvalue weighted by Crippen LogP contribution is -2.63. The number of carbonyl (C=O) groups is 12. The maximum absolute atomic E-state index is 14.4. The van der Waals surface area contributed by atoms with Gasteiger partial charge in [0, 0.05) is 53.3 Å². The maximum atomic E-state index is 14.4. The molecule has 12 fully saturated rings. The quantitative estimate of drug-likeness (QED) is 0.0342. The van der Waals surface area contributed by atoms with Gasteiger partial charge in [0.1, 0.15) is 128 Å². The van der Waals surface area contributed by atoms with Crippen LogP contribution in [0.2, 0.25) is 0 Å². The van der Waals surface area contributed by atoms with Crippen LogP contribution in [0.4, 0.5) is 0 Å². The summed E-state index contributed by atoms with van der Waals surface area (Å²) < 4.78 is 74.3. The molecule has 0 unspecified atom stereocenters. The van der Waals surface area contributed by atoms with Gasteiger partial charge in [0.15, 0.2) is 0 Å². The highest BCUT2D eigenvalue weighted by atomic mass is 35.5. The Hall–Kier alpha value is -4.53. The molecule has 24 nitrogen and oxygen atoms in total. The molecule has 12 aliphatic carbocycles. The largest absolute Gasteiger partial charge is 0.461 e. The van der Waals surface area contributed by atoms with Crippen molar-refractivity contribution in [3.05, 3.63) is 34.9 Å². The molecular weight excluding hydrogens is 1890 g/mol. The van der Waals surface area contributed by atoms with Crippen molar-refractivity contribution in [3.63, 3.8) is 0 Å². The van der Waals surface area contributed by atoms with E-state index in [4.69, 9.17) is 161 Å². The van der Waals surface area contributed by atoms with Crippen LogP contribution in [-0.4, -0.2) is 179 Å². The molecule has 738 valence electrons. The number of hydrogen-bond donors (Lipinski definition) is 0. The first-order valence-corrected chi connectivity index (χ1v) is 53.0. The van der Waals surface area contributed by atoms with Crippen LogP contribution in [0.3, 0.4) is 0 Å². The third kappa shape index (κ3) is 21.8. The van der Waals surface area contributed by atoms with E-state index < -0.39 is 125 Å². The lowest BCUT2D eigenvalue weighted by atomic mass is 9.43. The summed E-state index contributed by atoms with van der Waals surface area (Å²) in [7, 11) is 0. The van der Waals surface area contributed by atoms with Crippen LogP contribution in [0.25, 0.3) is 0 Å². The lowest BCUT2D eigenvalue weighted by molar-refractivity contribution is -0.225. The predicted molar refractivity (Wildman–Crippen MR) is 494 cm³/mol. The molecule has 0 radical (unpaired) electrons. The molecule has 12 saturated carbocycles. The molecule has 0 N–H and O–H groups in total. The SMILES string of the molecule is C[C@H](CCC(=O)OCc1cc(COC(=O)CC[C@@H](C)[C@@H]2CC[C@H]3[C@@H]4[C@@H](OC(=O)CCl)C[C@@H]5C[C@H](OC(=O)CCl)CC[C@@]5(C)[C@@H]4C[C@H](OC(=O)CCl)[C@]32C)cc(COC(=O)CC[C@H](C)[C@H]2CC[C@H]3[C@@H]4[C@H](OC(=O)CCl)C[C@@H]5C[C@@H](OC(=O)CCl)CC[C@]5(C)[C@H]4C[C@H](OC(=O)CCl)[C@]23C)c1)[C@H]1CC[C@H]2[C@@H]3[C@@H](OC(=O)CCl)C[C@@H]4C[C@H](OC(=O)CCl)CC[C@]4(C)[C@H]3C[C@H](OC(=O)CCl)[C@]12C. The molecule has 132 heavy (non-hydrogen) atoms. The molecule has 1 aromatic rings. The van der Waals surface area contributed by atoms with E-state index in [0.29, 0.717) is 113 Å². The standard InChI is InChI=1S/C99H135Cl9O24/c1-52(64-13-16-67-91-70(37-76(97(64,67)7)130-88(118)46-106)94(4)25-22-61(124-82(112)40-100)31-58(94)34-73(91)127-85(115)43-103)10-19-79(109)121-49-55-28-56(50-122-80(110)20-11-53(2)65-14-17-68-92-71(38-77(98(65,68)8)131-89(119)47-107)95(5)26-23-62(125-83(113)41-101)32-59(95)35-74(92)128-86(116)44-104)30-57(29-55)51-123-81(111)21-12-54(3)66-15-18-69-93-72(39-78(99(66,69)9)132-90(120)48-108)96(6)27-24-63(126-84(114)42-102)33-60(96)36-75(93)129-87(117)45-105/h28-30,52-54,58-78,91-93H,10-27,31-51H2,1-9H3/t52-,53-,54+,58+,59+,60+,61-,62-,63+,64-,65+,66-,67+,68+,69+,70+,71-,72+,73+,74+,75-,76+,77+,78+,91+,92+,93+,94+,95-,96+,97-,98+,99-/m1/s1. The van der Waals surface area contributed by atoms with E-state index in [1.807, 2.05) is 0 Å². The number of alkyl halides is 9. The average Bonchev–Trinajstić information content (AvgIpc) is 1.37. The molecule has 0 bridgehead atoms. The molecule has 0 aromatic heterocycles. The van der Waals surface area contributed by atoms with Gasteiger partial charge in [0.2, 0.25) is 0 Å². The normalized spacial score (nSPS) is 38.6. The monoisotopic (exact) mass is 2020 g/mol. The summed E-state index contributed by atoms with van der Waals surface area (Å²) >= 11 is 54.9. The fourth-order valence-corrected chi connectivity index (χ4v) is 31.2. The zero-order valence-corrected chi connectivity index (χ0v) is 84.4. The topological polar surface area (TPSA) is 316 Å². The van der Waals surface area contributed by atoms with E-state index in [2.05, 4.69) is 62.3 Å². The minimum Gasteiger partial charge on any atom is -0.461 e. The van der Waals surface area contributed by atoms with Crippen LogP contribution in [0.15, 0.2) is 18.2 Å². The van der Waals surface area contributed by atoms with E-state index in [9.17, 15) is 57.5 Å². The molecule has 0 saturated heterocycles. The first-order chi connectivity index (χ1) is 62.8. The van der Waals surface area contributed by atoms with Gasteiger partial charge in [-0.3, -0.25) is 57.5 Å². The van der Waals surface area contributed by atoms with Crippen LogP contribution in [0, 0.1) is 139 Å². The summed E-state index contributed by atoms with van der Waals surface area (Å²) in [6.45, 7) is 19.1. The summed E-state index contributed by atoms with van der Waals surface area (Å²) in [5, 5.41) is 0. The van der Waals surface area contributed by atoms with Gasteiger partial charge < -0.3 is 56.8 Å². The Morgan fingerprint density at radius 1 is 0.288 bits per heavy atom. The van der Waals surface area contributed by atoms with Gasteiger partial charge in [0.05, 0.1) is 0 Å². The molecular formula is C99H135Cl9O24. The minimum atomic E-state index is -0.634. The Kier molecular flexibility index (Phi) is 35.4. The Morgan fingerprint density at radius 2 is 0.515 bits per heavy atom. The maximum Gasteiger partial charge on any atom is 0.321 e. The van der Waals surface area contributed by atoms with Crippen LogP contribution < -0.4 is 0 Å². The Morgan fingerprint density at radius 3 is 0.750 bits per heavy atom. The van der Waals surface area contributed by atoms with E-state index in [1.165, 1.54) is 0 Å². The van der Waals surface area contributed by atoms with Crippen molar-refractivity contribution in [1.29, 1.82) is 0 Å². The molecule has 33 heteroatoms. The number of halogens is 9. The van der Waals surface area contributed by atoms with Gasteiger partial charge in [-0.15, -0.1) is 104 Å². The van der Waals surface area contributed by atoms with E-state index >= 15 is 0 Å². The van der Waals surface area contributed by atoms with Gasteiger partial charge in [-0.1, -0.05) is 62.3 Å². The van der Waals surface area contributed by atoms with E-state index in [-0.39, 0.29) is 233 Å². The Balaban J connectivity index is 0.704. The number of carbonyl (C=O) groups excluding carboxylic acids is 12. The average molecular weight is 2030 g/mol. The van der Waals surface area contributed by atoms with Crippen molar-refractivity contribution in [2.24, 2.45) is 139 Å². The van der Waals surface area contributed by atoms with Crippen molar-refractivity contribution in [1.82, 2.24) is 0 Å². The zero-order chi connectivity index (χ0) is 95.4. The first-order valence-electron chi connectivity index (χ1n) is 48.2. The van der Waals surface area contributed by atoms with Gasteiger partial charge in [-0.25, -0.2) is 0 Å². The van der Waals surface area contributed by atoms with Crippen molar-refractivity contribution < 1.29 is 114 Å². The molecule has 0 amide bonds. The fraction of sp³-hybridized carbons (Fsp3) is 0.818. The highest BCUT2D eigenvalue weighted by Crippen LogP contribution is 2.74. The van der Waals surface area contributed by atoms with Crippen LogP contribution in [-0.2, 0) is 134 Å². The van der Waals surface area contributed by atoms with Gasteiger partial charge in [-0.05, 0) is 294 Å². The van der Waals surface area contributed by atoms with Crippen molar-refractivity contribution in [3.8, 4) is 0 Å². The summed E-state index contributed by atoms with van der Waals surface area (Å²) in [4.78, 5) is 161. The summed E-state index contributed by atoms with van der Waals surface area (Å²) in [6.07, 6.45) is 10.4. The second kappa shape index (κ2) is 44.5. The van der Waals surface area contributed by atoms with Gasteiger partial charge in [0.25, 0.3) is 0 Å². The molecule has 1 aromatic carbocycles. The third-order valence-electron chi connectivity index (χ3n) is 36.6. The van der Waals surface area contributed by atoms with Crippen molar-refractivity contribution in [2.75, 3.05) is 52.9 Å². The second-order valence-corrected chi connectivity index (χ2v) is 45.0.